The van der Waals surface area contributed by atoms with Gasteiger partial charge >= 0.3 is 0 Å². The van der Waals surface area contributed by atoms with Gasteiger partial charge in [0.1, 0.15) is 5.84 Å². The van der Waals surface area contributed by atoms with Crippen LogP contribution >= 0.6 is 0 Å². The van der Waals surface area contributed by atoms with Crippen LogP contribution in [0, 0.1) is 0 Å². The topological polar surface area (TPSA) is 119 Å². The molecule has 3 N–H and O–H groups in total. The number of aliphatic imine (C=N–C) groups is 1. The average molecular weight is 439 g/mol. The van der Waals surface area contributed by atoms with Crippen molar-refractivity contribution < 1.29 is 19.2 Å². The minimum absolute atomic E-state index is 0.226. The lowest BCUT2D eigenvalue weighted by molar-refractivity contribution is -0.119. The van der Waals surface area contributed by atoms with Crippen LogP contribution in [0.5, 0.6) is 0 Å². The van der Waals surface area contributed by atoms with Crippen LogP contribution in [-0.2, 0) is 9.59 Å². The molecule has 0 saturated heterocycles. The molecule has 0 radical (unpaired) electrons. The van der Waals surface area contributed by atoms with Crippen molar-refractivity contribution >= 4 is 29.2 Å². The summed E-state index contributed by atoms with van der Waals surface area (Å²) in [7, 11) is 0. The van der Waals surface area contributed by atoms with Crippen LogP contribution in [0.4, 0.5) is 0 Å². The van der Waals surface area contributed by atoms with Crippen LogP contribution < -0.4 is 11.1 Å². The SMILES string of the molecule is NC(=O)CC(=O)c1ccc(-c2ccccc2-c2ccc(C(=O)CC(=O)NC3=NC3)cc2)cc1. The van der Waals surface area contributed by atoms with Crippen molar-refractivity contribution in [3.63, 3.8) is 0 Å². The van der Waals surface area contributed by atoms with Gasteiger partial charge in [-0.2, -0.15) is 0 Å². The van der Waals surface area contributed by atoms with Gasteiger partial charge in [0.2, 0.25) is 11.8 Å². The van der Waals surface area contributed by atoms with E-state index in [1.165, 1.54) is 0 Å². The monoisotopic (exact) mass is 439 g/mol. The molecule has 0 aliphatic carbocycles. The van der Waals surface area contributed by atoms with Gasteiger partial charge in [0.15, 0.2) is 11.6 Å². The summed E-state index contributed by atoms with van der Waals surface area (Å²) in [5.74, 6) is -0.978. The molecule has 7 heteroatoms. The van der Waals surface area contributed by atoms with Crippen LogP contribution in [0.1, 0.15) is 33.6 Å². The van der Waals surface area contributed by atoms with Gasteiger partial charge in [-0.3, -0.25) is 24.2 Å². The first-order chi connectivity index (χ1) is 15.9. The number of nitrogens with zero attached hydrogens (tertiary/aromatic N) is 1. The second kappa shape index (κ2) is 9.40. The molecule has 4 rings (SSSR count). The quantitative estimate of drug-likeness (QED) is 0.414. The molecular formula is C26H21N3O4. The molecule has 0 bridgehead atoms. The maximum atomic E-state index is 12.4. The number of ketones is 2. The Kier molecular flexibility index (Phi) is 6.22. The van der Waals surface area contributed by atoms with Gasteiger partial charge in [0.05, 0.1) is 19.4 Å². The first-order valence-corrected chi connectivity index (χ1v) is 10.4. The molecule has 33 heavy (non-hydrogen) atoms. The summed E-state index contributed by atoms with van der Waals surface area (Å²) >= 11 is 0. The summed E-state index contributed by atoms with van der Waals surface area (Å²) in [5, 5.41) is 2.58. The van der Waals surface area contributed by atoms with E-state index in [0.29, 0.717) is 23.5 Å². The van der Waals surface area contributed by atoms with E-state index < -0.39 is 5.91 Å². The molecule has 1 heterocycles. The van der Waals surface area contributed by atoms with Crippen molar-refractivity contribution in [2.45, 2.75) is 12.8 Å². The number of rotatable bonds is 8. The Balaban J connectivity index is 1.53. The molecule has 7 nitrogen and oxygen atoms in total. The highest BCUT2D eigenvalue weighted by atomic mass is 16.2. The van der Waals surface area contributed by atoms with Crippen molar-refractivity contribution in [1.29, 1.82) is 0 Å². The lowest BCUT2D eigenvalue weighted by atomic mass is 9.93. The van der Waals surface area contributed by atoms with Gasteiger partial charge in [0, 0.05) is 11.1 Å². The number of nitrogens with two attached hydrogens (primary N) is 1. The van der Waals surface area contributed by atoms with Gasteiger partial charge in [-0.05, 0) is 22.3 Å². The summed E-state index contributed by atoms with van der Waals surface area (Å²) in [6.45, 7) is 0.528. The first-order valence-electron chi connectivity index (χ1n) is 10.4. The van der Waals surface area contributed by atoms with Crippen molar-refractivity contribution in [3.05, 3.63) is 83.9 Å². The van der Waals surface area contributed by atoms with Crippen LogP contribution in [0.2, 0.25) is 0 Å². The third kappa shape index (κ3) is 5.46. The number of carbonyl (C=O) groups is 4. The molecule has 0 spiro atoms. The molecule has 1 aliphatic rings. The van der Waals surface area contributed by atoms with E-state index in [9.17, 15) is 19.2 Å². The number of nitrogens with one attached hydrogen (secondary N) is 1. The Labute approximate surface area is 190 Å². The number of carbonyl (C=O) groups excluding carboxylic acids is 4. The fraction of sp³-hybridized carbons (Fsp3) is 0.115. The second-order valence-corrected chi connectivity index (χ2v) is 7.68. The van der Waals surface area contributed by atoms with Gasteiger partial charge in [0.25, 0.3) is 0 Å². The molecule has 0 atom stereocenters. The van der Waals surface area contributed by atoms with Crippen molar-refractivity contribution in [3.8, 4) is 22.3 Å². The van der Waals surface area contributed by atoms with Crippen LogP contribution in [-0.4, -0.2) is 35.8 Å². The minimum Gasteiger partial charge on any atom is -0.369 e. The maximum absolute atomic E-state index is 12.4. The van der Waals surface area contributed by atoms with E-state index in [-0.39, 0.29) is 30.3 Å². The largest absolute Gasteiger partial charge is 0.369 e. The van der Waals surface area contributed by atoms with Crippen molar-refractivity contribution in [2.24, 2.45) is 10.7 Å². The fourth-order valence-electron chi connectivity index (χ4n) is 3.49. The van der Waals surface area contributed by atoms with Crippen molar-refractivity contribution in [2.75, 3.05) is 6.54 Å². The predicted octanol–water partition coefficient (Wildman–Crippen LogP) is 3.18. The average Bonchev–Trinajstić information content (AvgIpc) is 3.62. The summed E-state index contributed by atoms with van der Waals surface area (Å²) in [6.07, 6.45) is -0.548. The molecule has 164 valence electrons. The van der Waals surface area contributed by atoms with Crippen LogP contribution in [0.15, 0.2) is 77.8 Å². The zero-order chi connectivity index (χ0) is 23.4. The summed E-state index contributed by atoms with van der Waals surface area (Å²) in [4.78, 5) is 51.1. The number of amides is 2. The van der Waals surface area contributed by atoms with E-state index in [4.69, 9.17) is 5.73 Å². The number of Topliss-reactive ketones (excluding diaryl/α,β-unsaturated/α-hetero) is 2. The summed E-state index contributed by atoms with van der Waals surface area (Å²) < 4.78 is 0. The molecule has 0 aromatic heterocycles. The standard InChI is InChI=1S/C26H21N3O4/c27-24(32)13-22(30)18-9-5-16(6-10-18)20-3-1-2-4-21(20)17-7-11-19(12-8-17)23(31)14-26(33)29-25-15-28-25/h1-12H,13-15H2,(H2,27,32)(H,28,29,33). The van der Waals surface area contributed by atoms with E-state index in [1.54, 1.807) is 24.3 Å². The Bertz CT molecular complexity index is 1280. The Morgan fingerprint density at radius 1 is 0.727 bits per heavy atom. The number of benzene rings is 3. The van der Waals surface area contributed by atoms with Crippen LogP contribution in [0.3, 0.4) is 0 Å². The van der Waals surface area contributed by atoms with Gasteiger partial charge in [-0.25, -0.2) is 0 Å². The minimum atomic E-state index is -0.658. The lowest BCUT2D eigenvalue weighted by Crippen LogP contribution is -2.27. The van der Waals surface area contributed by atoms with Gasteiger partial charge in [-0.1, -0.05) is 72.8 Å². The van der Waals surface area contributed by atoms with E-state index in [1.807, 2.05) is 48.5 Å². The smallest absolute Gasteiger partial charge is 0.233 e. The number of amidine groups is 1. The first kappa shape index (κ1) is 21.8. The van der Waals surface area contributed by atoms with Crippen LogP contribution in [0.25, 0.3) is 22.3 Å². The van der Waals surface area contributed by atoms with E-state index >= 15 is 0 Å². The Morgan fingerprint density at radius 3 is 1.61 bits per heavy atom. The third-order valence-corrected chi connectivity index (χ3v) is 5.22. The number of hydrogen-bond acceptors (Lipinski definition) is 5. The molecule has 3 aromatic carbocycles. The zero-order valence-corrected chi connectivity index (χ0v) is 17.7. The van der Waals surface area contributed by atoms with Gasteiger partial charge in [-0.15, -0.1) is 0 Å². The number of primary amides is 1. The van der Waals surface area contributed by atoms with Gasteiger partial charge < -0.3 is 11.1 Å². The van der Waals surface area contributed by atoms with Crippen molar-refractivity contribution in [1.82, 2.24) is 5.32 Å². The maximum Gasteiger partial charge on any atom is 0.233 e. The normalized spacial score (nSPS) is 11.9. The highest BCUT2D eigenvalue weighted by molar-refractivity contribution is 6.13. The molecule has 1 aliphatic heterocycles. The van der Waals surface area contributed by atoms with E-state index in [2.05, 4.69) is 10.3 Å². The molecule has 2 amide bonds. The summed E-state index contributed by atoms with van der Waals surface area (Å²) in [6, 6.07) is 21.9. The molecule has 0 fully saturated rings. The predicted molar refractivity (Wildman–Crippen MR) is 125 cm³/mol. The molecule has 0 unspecified atom stereocenters. The van der Waals surface area contributed by atoms with E-state index in [0.717, 1.165) is 22.3 Å². The number of hydrogen-bond donors (Lipinski definition) is 2. The Hall–Kier alpha value is -4.39. The lowest BCUT2D eigenvalue weighted by Gasteiger charge is -2.11. The summed E-state index contributed by atoms with van der Waals surface area (Å²) in [5.41, 5.74) is 9.71. The fourth-order valence-corrected chi connectivity index (χ4v) is 3.49. The molecule has 0 saturated carbocycles. The second-order valence-electron chi connectivity index (χ2n) is 7.68. The highest BCUT2D eigenvalue weighted by Gasteiger charge is 2.17. The third-order valence-electron chi connectivity index (χ3n) is 5.22. The Morgan fingerprint density at radius 2 is 1.18 bits per heavy atom. The molecular weight excluding hydrogens is 418 g/mol. The molecule has 3 aromatic rings. The zero-order valence-electron chi connectivity index (χ0n) is 17.7. The highest BCUT2D eigenvalue weighted by Crippen LogP contribution is 2.32.